The Bertz CT molecular complexity index is 10100. The number of amides is 8. The number of nitrogens with zero attached hydrogens (tertiary/aromatic N) is 11. The van der Waals surface area contributed by atoms with E-state index in [1.165, 1.54) is 165 Å². The van der Waals surface area contributed by atoms with Gasteiger partial charge in [0.05, 0.1) is 144 Å². The molecule has 0 radical (unpaired) electrons. The molecule has 0 saturated heterocycles. The number of oxazole rings is 4. The van der Waals surface area contributed by atoms with E-state index in [1.807, 2.05) is 19.1 Å². The van der Waals surface area contributed by atoms with Crippen LogP contribution in [0.5, 0.6) is 23.0 Å². The number of hydrogen-bond donors (Lipinski definition) is 5. The number of carbonyl (C=O) groups excluding carboxylic acids is 8. The topological polar surface area (TPSA) is 502 Å². The Morgan fingerprint density at radius 2 is 0.507 bits per heavy atom. The Hall–Kier alpha value is -20.7. The van der Waals surface area contributed by atoms with Crippen LogP contribution in [0.4, 0.5) is 22.7 Å². The first-order chi connectivity index (χ1) is 68.4. The van der Waals surface area contributed by atoms with Gasteiger partial charge in [-0.3, -0.25) is 86.3 Å². The molecule has 142 heavy (non-hydrogen) atoms. The maximum Gasteiger partial charge on any atom is 0.266 e. The average molecular weight is 1880 g/mol. The smallest absolute Gasteiger partial charge is 0.266 e. The molecule has 680 valence electrons. The van der Waals surface area contributed by atoms with Crippen molar-refractivity contribution in [3.63, 3.8) is 0 Å². The van der Waals surface area contributed by atoms with E-state index in [4.69, 9.17) is 17.7 Å². The molecule has 0 unspecified atom stereocenters. The summed E-state index contributed by atoms with van der Waals surface area (Å²) in [4.78, 5) is 237. The van der Waals surface area contributed by atoms with Crippen molar-refractivity contribution in [1.82, 2.24) is 38.6 Å². The summed E-state index contributed by atoms with van der Waals surface area (Å²) in [6, 6.07) is 61.7. The fraction of sp³-hybridized carbons (Fsp3) is 0.0189. The summed E-state index contributed by atoms with van der Waals surface area (Å²) < 4.78 is 26.3. The number of anilines is 4. The molecule has 22 aromatic rings. The van der Waals surface area contributed by atoms with E-state index < -0.39 is 103 Å². The minimum absolute atomic E-state index is 0.0120. The van der Waals surface area contributed by atoms with Crippen molar-refractivity contribution >= 4 is 157 Å². The van der Waals surface area contributed by atoms with E-state index in [1.54, 1.807) is 78.9 Å². The molecule has 5 N–H and O–H groups in total. The van der Waals surface area contributed by atoms with Gasteiger partial charge in [-0.15, -0.1) is 0 Å². The van der Waals surface area contributed by atoms with E-state index >= 15 is 0 Å². The van der Waals surface area contributed by atoms with Crippen molar-refractivity contribution in [2.45, 2.75) is 6.92 Å². The zero-order valence-corrected chi connectivity index (χ0v) is 72.5. The van der Waals surface area contributed by atoms with Crippen molar-refractivity contribution in [3.05, 3.63) is 382 Å². The fourth-order valence-electron chi connectivity index (χ4n) is 18.9. The molecular weight excluding hydrogens is 1830 g/mol. The minimum atomic E-state index is -0.716. The summed E-state index contributed by atoms with van der Waals surface area (Å²) in [5.74, 6) is -6.12. The van der Waals surface area contributed by atoms with Gasteiger partial charge in [0.25, 0.3) is 91.7 Å². The van der Waals surface area contributed by atoms with Crippen molar-refractivity contribution in [2.24, 2.45) is 7.05 Å². The number of nitrogens with one attached hydrogen (secondary N) is 1. The molecule has 36 heteroatoms. The summed E-state index contributed by atoms with van der Waals surface area (Å²) in [7, 11) is 1.31. The molecule has 0 atom stereocenters. The van der Waals surface area contributed by atoms with Crippen LogP contribution in [-0.4, -0.2) is 106 Å². The Morgan fingerprint density at radius 1 is 0.239 bits per heavy atom. The molecule has 0 aliphatic carbocycles. The number of fused-ring (bicyclic) bond motifs is 12. The lowest BCUT2D eigenvalue weighted by Crippen LogP contribution is -2.29. The molecule has 8 amide bonds. The third-order valence-electron chi connectivity index (χ3n) is 26.0. The molecule has 26 rings (SSSR count). The van der Waals surface area contributed by atoms with Crippen molar-refractivity contribution in [2.75, 3.05) is 19.6 Å². The van der Waals surface area contributed by atoms with Gasteiger partial charge in [0.15, 0.2) is 22.3 Å². The molecule has 0 spiro atoms. The monoisotopic (exact) mass is 1880 g/mol. The van der Waals surface area contributed by atoms with Gasteiger partial charge in [0, 0.05) is 7.05 Å². The number of phenolic OH excluding ortho intramolecular Hbond substituents is 4. The molecular formula is C106H52N12O24. The Labute approximate surface area is 786 Å². The Kier molecular flexibility index (Phi) is 17.5. The van der Waals surface area contributed by atoms with Crippen LogP contribution in [0, 0.1) is 6.92 Å². The number of aromatic hydroxyl groups is 4. The molecule has 4 aliphatic heterocycles. The molecule has 0 fully saturated rings. The number of benzene rings is 14. The number of rotatable bonds is 12. The maximum atomic E-state index is 14.0. The van der Waals surface area contributed by atoms with Gasteiger partial charge in [-0.05, 0) is 235 Å². The van der Waals surface area contributed by atoms with Crippen molar-refractivity contribution in [1.29, 1.82) is 0 Å². The van der Waals surface area contributed by atoms with Crippen molar-refractivity contribution < 1.29 is 76.5 Å². The van der Waals surface area contributed by atoms with Crippen LogP contribution in [0.25, 0.3) is 167 Å². The van der Waals surface area contributed by atoms with Gasteiger partial charge < -0.3 is 38.1 Å². The molecule has 4 aliphatic rings. The number of para-hydroxylation sites is 1. The highest BCUT2D eigenvalue weighted by molar-refractivity contribution is 6.38. The second-order valence-corrected chi connectivity index (χ2v) is 34.2. The van der Waals surface area contributed by atoms with E-state index in [-0.39, 0.29) is 207 Å². The number of aromatic nitrogens is 8. The van der Waals surface area contributed by atoms with Gasteiger partial charge in [-0.25, -0.2) is 48.7 Å². The van der Waals surface area contributed by atoms with Gasteiger partial charge in [0.1, 0.15) is 45.1 Å². The zero-order valence-electron chi connectivity index (χ0n) is 72.5. The van der Waals surface area contributed by atoms with E-state index in [2.05, 4.69) is 24.9 Å². The van der Waals surface area contributed by atoms with Crippen LogP contribution in [0.1, 0.15) is 88.4 Å². The lowest BCUT2D eigenvalue weighted by Gasteiger charge is -2.14. The van der Waals surface area contributed by atoms with Crippen molar-refractivity contribution in [3.8, 4) is 102 Å². The summed E-state index contributed by atoms with van der Waals surface area (Å²) in [6.07, 6.45) is 0. The first-order valence-corrected chi connectivity index (χ1v) is 43.3. The maximum absolute atomic E-state index is 14.0. The second kappa shape index (κ2) is 29.9. The quantitative estimate of drug-likeness (QED) is 0.0560. The highest BCUT2D eigenvalue weighted by atomic mass is 16.4. The number of aromatic amines is 1. The van der Waals surface area contributed by atoms with Crippen LogP contribution < -0.4 is 64.1 Å². The van der Waals surface area contributed by atoms with E-state index in [9.17, 15) is 97.1 Å². The lowest BCUT2D eigenvalue weighted by molar-refractivity contribution is 0.0910. The van der Waals surface area contributed by atoms with Crippen LogP contribution >= 0.6 is 0 Å². The molecule has 36 nitrogen and oxygen atoms in total. The van der Waals surface area contributed by atoms with Crippen LogP contribution in [0.3, 0.4) is 0 Å². The van der Waals surface area contributed by atoms with Gasteiger partial charge in [-0.2, -0.15) is 0 Å². The molecule has 12 heterocycles. The summed E-state index contributed by atoms with van der Waals surface area (Å²) >= 11 is 0. The highest BCUT2D eigenvalue weighted by Gasteiger charge is 2.43. The summed E-state index contributed by atoms with van der Waals surface area (Å²) in [5, 5.41) is 44.4. The fourth-order valence-corrected chi connectivity index (χ4v) is 18.9. The van der Waals surface area contributed by atoms with Crippen LogP contribution in [0.15, 0.2) is 305 Å². The third kappa shape index (κ3) is 12.2. The predicted octanol–water partition coefficient (Wildman–Crippen LogP) is 13.8. The number of phenols is 4. The van der Waals surface area contributed by atoms with E-state index in [0.717, 1.165) is 38.9 Å². The average Bonchev–Trinajstić information content (AvgIpc) is 1.69. The molecule has 0 bridgehead atoms. The number of H-pyrrole nitrogens is 1. The van der Waals surface area contributed by atoms with E-state index in [0.29, 0.717) is 39.0 Å². The Morgan fingerprint density at radius 3 is 0.859 bits per heavy atom. The highest BCUT2D eigenvalue weighted by Crippen LogP contribution is 2.47. The standard InChI is InChI=1S/2C53H26N6O12/c1-22-2-12-42-38(14-22)54-46(70-42)36-20-41(61)37(21-40(36)60)47-55-39-17-27(9-13-43(39)71-47)59-49(65)29-11-4-24(16-33(29)51(59)67)23-3-10-28-32(15-23)50(66)57(48(28)64)25-5-7-26(8-6-25)58-52(68)34-18-30-31(19-35(34)53(58)69)45(63)56-44(30)62;1-56-46(62)32-19-34-35(20-33(32)47(56)63)53(69)59(52(34)68)27-10-14-43-39(18-27)55-45(71-43)37-22-40(60)36(21-41(37)61)44-54-38-17-26(9-13-42(38)70-44)58-49(65)29-12-8-24(16-31(29)51(58)67)23-7-11-28-30(15-23)50(66)57(48(28)64)25-5-3-2-4-6-25/h2-21,60-61H,1H3,(H,56,62,63);2-22,60-61H,1H3. The number of carbonyl (C=O) groups is 8. The number of aryl methyl sites for hydroxylation is 1. The first-order valence-electron chi connectivity index (χ1n) is 43.3. The summed E-state index contributed by atoms with van der Waals surface area (Å²) in [6.45, 7) is 1.91. The third-order valence-corrected chi connectivity index (χ3v) is 26.0. The number of hydrogen-bond acceptors (Lipinski definition) is 28. The summed E-state index contributed by atoms with van der Waals surface area (Å²) in [5.41, 5.74) is 2.64. The second-order valence-electron chi connectivity index (χ2n) is 34.2. The number of imide groups is 4. The van der Waals surface area contributed by atoms with Gasteiger partial charge >= 0.3 is 0 Å². The zero-order chi connectivity index (χ0) is 97.8. The largest absolute Gasteiger partial charge is 0.507 e. The minimum Gasteiger partial charge on any atom is -0.507 e. The van der Waals surface area contributed by atoms with Gasteiger partial charge in [-0.1, -0.05) is 48.5 Å². The van der Waals surface area contributed by atoms with Crippen LogP contribution in [0.2, 0.25) is 0 Å². The Balaban J connectivity index is 0.000000149. The lowest BCUT2D eigenvalue weighted by atomic mass is 9.97. The molecule has 0 saturated carbocycles. The van der Waals surface area contributed by atoms with Crippen LogP contribution in [-0.2, 0) is 7.05 Å². The normalized spacial score (nSPS) is 13.5. The predicted molar refractivity (Wildman–Crippen MR) is 514 cm³/mol. The molecule has 14 aromatic carbocycles. The first kappa shape index (κ1) is 83.1. The SMILES string of the molecule is Cc1ccc2oc(-c3cc(O)c(-c4nc5cc(N6C(=O)c7ccc(-c8ccc9c(c8)C(=O)N(c8ccc(-n%10c(=O)c%11cc%12c(=O)[nH]c(=O)c%12cc%11c%10=O)cc8)C9=O)cc7C6=O)ccc5o4)cc3O)nc2c1.Cn1c(=O)c2cc3c(=O)n(-c4ccc5oc(-c6cc(O)c(-c7nc8cc(N9C(=O)c%10ccc(-c%11ccc%12c(c%11)C(=O)N(c%11ccccc%11)C%12=O)cc%10C9=O)ccc8o7)cc6O)nc5c4)c(=O)c3cc2c1=O. The molecule has 8 aromatic heterocycles. The van der Waals surface area contributed by atoms with Gasteiger partial charge in [0.2, 0.25) is 23.6 Å².